The molecule has 0 radical (unpaired) electrons. The molecule has 1 heteroatoms. The van der Waals surface area contributed by atoms with Crippen molar-refractivity contribution in [1.29, 1.82) is 0 Å². The van der Waals surface area contributed by atoms with E-state index in [1.807, 2.05) is 0 Å². The molecule has 1 aliphatic carbocycles. The molecule has 1 rings (SSSR count). The Morgan fingerprint density at radius 2 is 1.91 bits per heavy atom. The second kappa shape index (κ2) is 4.10. The molecule has 1 aliphatic rings. The van der Waals surface area contributed by atoms with Crippen LogP contribution in [-0.2, 0) is 0 Å². The van der Waals surface area contributed by atoms with Crippen LogP contribution in [0.2, 0.25) is 0 Å². The van der Waals surface area contributed by atoms with Gasteiger partial charge in [0.05, 0.1) is 0 Å². The molecule has 0 spiro atoms. The molecule has 1 unspecified atom stereocenters. The van der Waals surface area contributed by atoms with Crippen LogP contribution in [0.4, 0.5) is 0 Å². The van der Waals surface area contributed by atoms with Crippen LogP contribution < -0.4 is 5.73 Å². The maximum atomic E-state index is 5.96. The highest BCUT2D eigenvalue weighted by molar-refractivity contribution is 4.78. The number of nitrogens with two attached hydrogens (primary N) is 1. The van der Waals surface area contributed by atoms with Gasteiger partial charge in [0.1, 0.15) is 0 Å². The molecular weight excluding hydrogens is 134 g/mol. The lowest BCUT2D eigenvalue weighted by Gasteiger charge is -2.11. The first-order valence-electron chi connectivity index (χ1n) is 4.94. The van der Waals surface area contributed by atoms with E-state index in [4.69, 9.17) is 5.73 Å². The van der Waals surface area contributed by atoms with Crippen LogP contribution in [0.25, 0.3) is 0 Å². The summed E-state index contributed by atoms with van der Waals surface area (Å²) in [5.41, 5.74) is 5.96. The lowest BCUT2D eigenvalue weighted by atomic mass is 10.0. The minimum atomic E-state index is 0.491. The molecule has 0 amide bonds. The minimum absolute atomic E-state index is 0.491. The van der Waals surface area contributed by atoms with Crippen molar-refractivity contribution in [2.75, 3.05) is 0 Å². The highest BCUT2D eigenvalue weighted by atomic mass is 14.6. The van der Waals surface area contributed by atoms with E-state index in [-0.39, 0.29) is 0 Å². The van der Waals surface area contributed by atoms with Crippen molar-refractivity contribution >= 4 is 0 Å². The van der Waals surface area contributed by atoms with Crippen molar-refractivity contribution in [1.82, 2.24) is 0 Å². The molecule has 1 fully saturated rings. The summed E-state index contributed by atoms with van der Waals surface area (Å²) in [6, 6.07) is 0.491. The van der Waals surface area contributed by atoms with Gasteiger partial charge in [-0.1, -0.05) is 26.7 Å². The molecule has 1 nitrogen and oxygen atoms in total. The van der Waals surface area contributed by atoms with Gasteiger partial charge in [-0.15, -0.1) is 0 Å². The zero-order chi connectivity index (χ0) is 8.27. The molecular formula is C10H21N. The van der Waals surface area contributed by atoms with Crippen molar-refractivity contribution in [3.05, 3.63) is 0 Å². The first kappa shape index (κ1) is 9.05. The minimum Gasteiger partial charge on any atom is -0.328 e. The number of hydrogen-bond acceptors (Lipinski definition) is 1. The lowest BCUT2D eigenvalue weighted by molar-refractivity contribution is 0.463. The van der Waals surface area contributed by atoms with Crippen LogP contribution >= 0.6 is 0 Å². The topological polar surface area (TPSA) is 26.0 Å². The predicted molar refractivity (Wildman–Crippen MR) is 49.4 cm³/mol. The van der Waals surface area contributed by atoms with Gasteiger partial charge in [-0.3, -0.25) is 0 Å². The van der Waals surface area contributed by atoms with Crippen LogP contribution in [-0.4, -0.2) is 6.04 Å². The largest absolute Gasteiger partial charge is 0.328 e. The highest BCUT2D eigenvalue weighted by Gasteiger charge is 2.23. The van der Waals surface area contributed by atoms with E-state index < -0.39 is 0 Å². The molecule has 11 heavy (non-hydrogen) atoms. The first-order valence-corrected chi connectivity index (χ1v) is 4.94. The van der Waals surface area contributed by atoms with Crippen molar-refractivity contribution in [3.8, 4) is 0 Å². The van der Waals surface area contributed by atoms with E-state index in [9.17, 15) is 0 Å². The Labute approximate surface area is 70.4 Å². The van der Waals surface area contributed by atoms with Crippen LogP contribution in [0.3, 0.4) is 0 Å². The third-order valence-corrected chi connectivity index (χ3v) is 2.45. The summed E-state index contributed by atoms with van der Waals surface area (Å²) < 4.78 is 0. The molecule has 0 aromatic rings. The molecule has 0 aromatic heterocycles. The van der Waals surface area contributed by atoms with Crippen LogP contribution in [0, 0.1) is 11.8 Å². The molecule has 0 aromatic carbocycles. The Kier molecular flexibility index (Phi) is 3.38. The van der Waals surface area contributed by atoms with E-state index in [0.717, 1.165) is 11.8 Å². The van der Waals surface area contributed by atoms with Gasteiger partial charge in [0.15, 0.2) is 0 Å². The normalized spacial score (nSPS) is 20.7. The van der Waals surface area contributed by atoms with Gasteiger partial charge in [-0.05, 0) is 31.1 Å². The van der Waals surface area contributed by atoms with Gasteiger partial charge in [0.25, 0.3) is 0 Å². The fraction of sp³-hybridized carbons (Fsp3) is 1.00. The summed E-state index contributed by atoms with van der Waals surface area (Å²) in [7, 11) is 0. The third kappa shape index (κ3) is 4.41. The number of hydrogen-bond donors (Lipinski definition) is 1. The summed E-state index contributed by atoms with van der Waals surface area (Å²) in [6.07, 6.45) is 6.69. The molecule has 0 saturated heterocycles. The Hall–Kier alpha value is -0.0400. The monoisotopic (exact) mass is 155 g/mol. The van der Waals surface area contributed by atoms with Crippen molar-refractivity contribution in [3.63, 3.8) is 0 Å². The van der Waals surface area contributed by atoms with Gasteiger partial charge in [0, 0.05) is 6.04 Å². The molecule has 1 atom stereocenters. The van der Waals surface area contributed by atoms with E-state index in [0.29, 0.717) is 6.04 Å². The first-order chi connectivity index (χ1) is 5.18. The maximum Gasteiger partial charge on any atom is 0.00415 e. The van der Waals surface area contributed by atoms with Crippen LogP contribution in [0.1, 0.15) is 46.0 Å². The quantitative estimate of drug-likeness (QED) is 0.648. The van der Waals surface area contributed by atoms with Crippen molar-refractivity contribution in [2.24, 2.45) is 17.6 Å². The Morgan fingerprint density at radius 3 is 2.36 bits per heavy atom. The van der Waals surface area contributed by atoms with Crippen LogP contribution in [0.5, 0.6) is 0 Å². The van der Waals surface area contributed by atoms with Crippen LogP contribution in [0.15, 0.2) is 0 Å². The highest BCUT2D eigenvalue weighted by Crippen LogP contribution is 2.33. The second-order valence-electron chi connectivity index (χ2n) is 4.41. The van der Waals surface area contributed by atoms with Gasteiger partial charge >= 0.3 is 0 Å². The third-order valence-electron chi connectivity index (χ3n) is 2.45. The molecule has 66 valence electrons. The zero-order valence-electron chi connectivity index (χ0n) is 7.84. The van der Waals surface area contributed by atoms with E-state index in [2.05, 4.69) is 13.8 Å². The lowest BCUT2D eigenvalue weighted by Crippen LogP contribution is -2.20. The summed E-state index contributed by atoms with van der Waals surface area (Å²) >= 11 is 0. The Bertz CT molecular complexity index is 105. The van der Waals surface area contributed by atoms with Gasteiger partial charge in [-0.25, -0.2) is 0 Å². The fourth-order valence-corrected chi connectivity index (χ4v) is 1.45. The second-order valence-corrected chi connectivity index (χ2v) is 4.41. The van der Waals surface area contributed by atoms with E-state index >= 15 is 0 Å². The van der Waals surface area contributed by atoms with Gasteiger partial charge in [0.2, 0.25) is 0 Å². The van der Waals surface area contributed by atoms with Crippen molar-refractivity contribution in [2.45, 2.75) is 52.0 Å². The van der Waals surface area contributed by atoms with E-state index in [1.165, 1.54) is 32.1 Å². The summed E-state index contributed by atoms with van der Waals surface area (Å²) in [5.74, 6) is 1.82. The van der Waals surface area contributed by atoms with Crippen molar-refractivity contribution < 1.29 is 0 Å². The molecule has 2 N–H and O–H groups in total. The van der Waals surface area contributed by atoms with E-state index in [1.54, 1.807) is 0 Å². The molecule has 0 bridgehead atoms. The smallest absolute Gasteiger partial charge is 0.00415 e. The Morgan fingerprint density at radius 1 is 1.27 bits per heavy atom. The standard InChI is InChI=1S/C10H21N/c1-8(2)3-6-10(11)7-9-4-5-9/h8-10H,3-7,11H2,1-2H3. The van der Waals surface area contributed by atoms with Gasteiger partial charge < -0.3 is 5.73 Å². The number of rotatable bonds is 5. The zero-order valence-corrected chi connectivity index (χ0v) is 7.84. The Balaban J connectivity index is 1.95. The maximum absolute atomic E-state index is 5.96. The average Bonchev–Trinajstić information content (AvgIpc) is 2.67. The molecule has 0 aliphatic heterocycles. The summed E-state index contributed by atoms with van der Waals surface area (Å²) in [6.45, 7) is 4.54. The molecule has 0 heterocycles. The predicted octanol–water partition coefficient (Wildman–Crippen LogP) is 2.55. The SMILES string of the molecule is CC(C)CCC(N)CC1CC1. The summed E-state index contributed by atoms with van der Waals surface area (Å²) in [4.78, 5) is 0. The van der Waals surface area contributed by atoms with Gasteiger partial charge in [-0.2, -0.15) is 0 Å². The fourth-order valence-electron chi connectivity index (χ4n) is 1.45. The molecule has 1 saturated carbocycles. The summed E-state index contributed by atoms with van der Waals surface area (Å²) in [5, 5.41) is 0. The average molecular weight is 155 g/mol.